The number of aromatic nitrogens is 1. The number of ether oxygens (including phenoxy) is 1. The first kappa shape index (κ1) is 14.7. The molecule has 1 aromatic carbocycles. The molecule has 1 aliphatic heterocycles. The number of nitrogens with zero attached hydrogens (tertiary/aromatic N) is 2. The van der Waals surface area contributed by atoms with E-state index in [1.165, 1.54) is 4.90 Å². The van der Waals surface area contributed by atoms with E-state index in [1.807, 2.05) is 18.2 Å². The van der Waals surface area contributed by atoms with Crippen molar-refractivity contribution >= 4 is 17.0 Å². The largest absolute Gasteiger partial charge is 0.356 e. The molecule has 6 nitrogen and oxygen atoms in total. The van der Waals surface area contributed by atoms with E-state index in [0.29, 0.717) is 24.2 Å². The number of likely N-dealkylation sites (tertiary alicyclic amines) is 1. The SMILES string of the molecule is O=C(NCc1noc2ccccc12)N1CC[C@H](OC(F)F)C1. The first-order valence-corrected chi connectivity index (χ1v) is 6.93. The summed E-state index contributed by atoms with van der Waals surface area (Å²) in [5, 5.41) is 7.47. The summed E-state index contributed by atoms with van der Waals surface area (Å²) in [5.41, 5.74) is 1.28. The Labute approximate surface area is 125 Å². The summed E-state index contributed by atoms with van der Waals surface area (Å²) in [7, 11) is 0. The minimum Gasteiger partial charge on any atom is -0.356 e. The van der Waals surface area contributed by atoms with Crippen LogP contribution in [0.2, 0.25) is 0 Å². The number of urea groups is 1. The fraction of sp³-hybridized carbons (Fsp3) is 0.429. The van der Waals surface area contributed by atoms with Crippen molar-refractivity contribution in [3.8, 4) is 0 Å². The van der Waals surface area contributed by atoms with Crippen molar-refractivity contribution < 1.29 is 22.8 Å². The molecule has 0 saturated carbocycles. The lowest BCUT2D eigenvalue weighted by Crippen LogP contribution is -2.39. The second kappa shape index (κ2) is 6.27. The van der Waals surface area contributed by atoms with Gasteiger partial charge in [-0.25, -0.2) is 4.79 Å². The number of rotatable bonds is 4. The highest BCUT2D eigenvalue weighted by molar-refractivity contribution is 5.80. The molecule has 0 bridgehead atoms. The van der Waals surface area contributed by atoms with Crippen molar-refractivity contribution in [2.75, 3.05) is 13.1 Å². The van der Waals surface area contributed by atoms with Crippen molar-refractivity contribution in [3.05, 3.63) is 30.0 Å². The van der Waals surface area contributed by atoms with Crippen LogP contribution in [-0.2, 0) is 11.3 Å². The number of hydrogen-bond acceptors (Lipinski definition) is 4. The highest BCUT2D eigenvalue weighted by Gasteiger charge is 2.28. The summed E-state index contributed by atoms with van der Waals surface area (Å²) in [6.07, 6.45) is -0.205. The Bertz CT molecular complexity index is 662. The van der Waals surface area contributed by atoms with Crippen LogP contribution in [0.3, 0.4) is 0 Å². The molecule has 118 valence electrons. The van der Waals surface area contributed by atoms with Crippen molar-refractivity contribution in [2.45, 2.75) is 25.7 Å². The summed E-state index contributed by atoms with van der Waals surface area (Å²) >= 11 is 0. The number of carbonyl (C=O) groups is 1. The van der Waals surface area contributed by atoms with Crippen molar-refractivity contribution in [3.63, 3.8) is 0 Å². The minimum absolute atomic E-state index is 0.162. The Morgan fingerprint density at radius 2 is 2.32 bits per heavy atom. The number of fused-ring (bicyclic) bond motifs is 1. The van der Waals surface area contributed by atoms with Crippen LogP contribution in [0.4, 0.5) is 13.6 Å². The number of benzene rings is 1. The molecular weight excluding hydrogens is 296 g/mol. The van der Waals surface area contributed by atoms with Gasteiger partial charge in [-0.15, -0.1) is 0 Å². The molecule has 0 aliphatic carbocycles. The third-order valence-electron chi connectivity index (χ3n) is 3.59. The number of carbonyl (C=O) groups excluding carboxylic acids is 1. The first-order valence-electron chi connectivity index (χ1n) is 6.93. The molecule has 8 heteroatoms. The zero-order valence-electron chi connectivity index (χ0n) is 11.7. The van der Waals surface area contributed by atoms with E-state index in [4.69, 9.17) is 4.52 Å². The van der Waals surface area contributed by atoms with Gasteiger partial charge in [0.1, 0.15) is 5.69 Å². The second-order valence-corrected chi connectivity index (χ2v) is 5.04. The predicted molar refractivity (Wildman–Crippen MR) is 73.3 cm³/mol. The van der Waals surface area contributed by atoms with E-state index in [9.17, 15) is 13.6 Å². The molecule has 1 aliphatic rings. The summed E-state index contributed by atoms with van der Waals surface area (Å²) in [4.78, 5) is 13.5. The lowest BCUT2D eigenvalue weighted by Gasteiger charge is -2.17. The predicted octanol–water partition coefficient (Wildman–Crippen LogP) is 2.35. The molecule has 1 N–H and O–H groups in total. The molecule has 1 fully saturated rings. The number of hydrogen-bond donors (Lipinski definition) is 1. The maximum atomic E-state index is 12.1. The molecule has 2 heterocycles. The van der Waals surface area contributed by atoms with E-state index < -0.39 is 12.7 Å². The van der Waals surface area contributed by atoms with Crippen LogP contribution in [0.15, 0.2) is 28.8 Å². The van der Waals surface area contributed by atoms with Crippen LogP contribution < -0.4 is 5.32 Å². The second-order valence-electron chi connectivity index (χ2n) is 5.04. The third-order valence-corrected chi connectivity index (χ3v) is 3.59. The third kappa shape index (κ3) is 3.16. The van der Waals surface area contributed by atoms with Crippen molar-refractivity contribution in [2.24, 2.45) is 0 Å². The Balaban J connectivity index is 1.55. The average Bonchev–Trinajstić information content (AvgIpc) is 3.11. The molecule has 1 atom stereocenters. The van der Waals surface area contributed by atoms with Gasteiger partial charge in [0.15, 0.2) is 5.58 Å². The quantitative estimate of drug-likeness (QED) is 0.941. The summed E-state index contributed by atoms with van der Waals surface area (Å²) < 4.78 is 33.8. The van der Waals surface area contributed by atoms with E-state index >= 15 is 0 Å². The van der Waals surface area contributed by atoms with Gasteiger partial charge in [0.2, 0.25) is 0 Å². The molecule has 22 heavy (non-hydrogen) atoms. The summed E-state index contributed by atoms with van der Waals surface area (Å²) in [6, 6.07) is 7.02. The fourth-order valence-electron chi connectivity index (χ4n) is 2.51. The first-order chi connectivity index (χ1) is 10.6. The highest BCUT2D eigenvalue weighted by Crippen LogP contribution is 2.18. The molecule has 0 spiro atoms. The van der Waals surface area contributed by atoms with Gasteiger partial charge in [-0.1, -0.05) is 17.3 Å². The molecule has 0 unspecified atom stereocenters. The summed E-state index contributed by atoms with van der Waals surface area (Å²) in [6.45, 7) is -2.04. The standard InChI is InChI=1S/C14H15F2N3O3/c15-13(16)21-9-5-6-19(8-9)14(20)17-7-11-10-3-1-2-4-12(10)22-18-11/h1-4,9,13H,5-8H2,(H,17,20)/t9-/m0/s1. The van der Waals surface area contributed by atoms with Gasteiger partial charge in [-0.2, -0.15) is 8.78 Å². The van der Waals surface area contributed by atoms with Crippen LogP contribution >= 0.6 is 0 Å². The van der Waals surface area contributed by atoms with Crippen LogP contribution in [0.5, 0.6) is 0 Å². The van der Waals surface area contributed by atoms with Gasteiger partial charge in [0.25, 0.3) is 0 Å². The lowest BCUT2D eigenvalue weighted by atomic mass is 10.2. The summed E-state index contributed by atoms with van der Waals surface area (Å²) in [5.74, 6) is 0. The normalized spacial score (nSPS) is 18.3. The Morgan fingerprint density at radius 3 is 3.14 bits per heavy atom. The van der Waals surface area contributed by atoms with E-state index in [0.717, 1.165) is 5.39 Å². The number of amides is 2. The smallest absolute Gasteiger partial charge is 0.345 e. The van der Waals surface area contributed by atoms with Crippen LogP contribution in [0.25, 0.3) is 11.0 Å². The van der Waals surface area contributed by atoms with Gasteiger partial charge >= 0.3 is 12.6 Å². The number of para-hydroxylation sites is 1. The number of alkyl halides is 2. The minimum atomic E-state index is -2.81. The average molecular weight is 311 g/mol. The van der Waals surface area contributed by atoms with Gasteiger partial charge < -0.3 is 19.5 Å². The maximum absolute atomic E-state index is 12.1. The van der Waals surface area contributed by atoms with Gasteiger partial charge in [0.05, 0.1) is 12.6 Å². The monoisotopic (exact) mass is 311 g/mol. The lowest BCUT2D eigenvalue weighted by molar-refractivity contribution is -0.158. The zero-order valence-corrected chi connectivity index (χ0v) is 11.7. The van der Waals surface area contributed by atoms with E-state index in [2.05, 4.69) is 15.2 Å². The Kier molecular flexibility index (Phi) is 4.19. The topological polar surface area (TPSA) is 67.6 Å². The van der Waals surface area contributed by atoms with Crippen molar-refractivity contribution in [1.82, 2.24) is 15.4 Å². The number of nitrogens with one attached hydrogen (secondary N) is 1. The van der Waals surface area contributed by atoms with Crippen molar-refractivity contribution in [1.29, 1.82) is 0 Å². The van der Waals surface area contributed by atoms with Gasteiger partial charge in [0, 0.05) is 18.5 Å². The molecule has 3 rings (SSSR count). The Morgan fingerprint density at radius 1 is 1.50 bits per heavy atom. The fourth-order valence-corrected chi connectivity index (χ4v) is 2.51. The van der Waals surface area contributed by atoms with E-state index in [1.54, 1.807) is 6.07 Å². The van der Waals surface area contributed by atoms with E-state index in [-0.39, 0.29) is 19.1 Å². The molecule has 2 aromatic rings. The van der Waals surface area contributed by atoms with Crippen LogP contribution in [0, 0.1) is 0 Å². The molecule has 0 radical (unpaired) electrons. The van der Waals surface area contributed by atoms with Crippen LogP contribution in [-0.4, -0.2) is 41.9 Å². The molecule has 1 aromatic heterocycles. The van der Waals surface area contributed by atoms with Gasteiger partial charge in [-0.05, 0) is 18.6 Å². The van der Waals surface area contributed by atoms with Gasteiger partial charge in [-0.3, -0.25) is 0 Å². The Hall–Kier alpha value is -2.22. The zero-order chi connectivity index (χ0) is 15.5. The maximum Gasteiger partial charge on any atom is 0.345 e. The van der Waals surface area contributed by atoms with Crippen LogP contribution in [0.1, 0.15) is 12.1 Å². The molecular formula is C14H15F2N3O3. The highest BCUT2D eigenvalue weighted by atomic mass is 19.3. The molecule has 2 amide bonds. The number of halogens is 2. The molecule has 1 saturated heterocycles.